The average Bonchev–Trinajstić information content (AvgIpc) is 2.04. The van der Waals surface area contributed by atoms with Crippen molar-refractivity contribution in [2.24, 2.45) is 17.6 Å². The summed E-state index contributed by atoms with van der Waals surface area (Å²) in [6, 6.07) is 0. The molecule has 0 radical (unpaired) electrons. The highest BCUT2D eigenvalue weighted by Gasteiger charge is 2.26. The number of nitrogens with two attached hydrogens (primary N) is 1. The lowest BCUT2D eigenvalue weighted by atomic mass is 9.80. The standard InChI is InChI=1S/C9H19NO/c1-7-3-4-9(11-2)8(5-7)6-10/h7-9H,3-6,10H2,1-2H3. The molecule has 1 rings (SSSR count). The van der Waals surface area contributed by atoms with E-state index < -0.39 is 0 Å². The van der Waals surface area contributed by atoms with Gasteiger partial charge in [0.15, 0.2) is 0 Å². The van der Waals surface area contributed by atoms with Gasteiger partial charge in [-0.15, -0.1) is 0 Å². The molecule has 3 atom stereocenters. The minimum atomic E-state index is 0.427. The van der Waals surface area contributed by atoms with Gasteiger partial charge in [0.25, 0.3) is 0 Å². The number of rotatable bonds is 2. The maximum Gasteiger partial charge on any atom is 0.0611 e. The van der Waals surface area contributed by atoms with Crippen molar-refractivity contribution in [1.82, 2.24) is 0 Å². The van der Waals surface area contributed by atoms with Crippen LogP contribution in [0.2, 0.25) is 0 Å². The molecule has 0 saturated heterocycles. The normalized spacial score (nSPS) is 39.0. The Labute approximate surface area is 69.1 Å². The maximum atomic E-state index is 5.65. The molecule has 11 heavy (non-hydrogen) atoms. The second kappa shape index (κ2) is 4.07. The number of hydrogen-bond donors (Lipinski definition) is 1. The van der Waals surface area contributed by atoms with Gasteiger partial charge in [-0.25, -0.2) is 0 Å². The molecular formula is C9H19NO. The summed E-state index contributed by atoms with van der Waals surface area (Å²) in [7, 11) is 1.79. The molecule has 0 heterocycles. The molecule has 2 heteroatoms. The molecule has 0 amide bonds. The lowest BCUT2D eigenvalue weighted by molar-refractivity contribution is 0.0142. The predicted molar refractivity (Wildman–Crippen MR) is 46.4 cm³/mol. The molecule has 1 aliphatic rings. The van der Waals surface area contributed by atoms with Gasteiger partial charge >= 0.3 is 0 Å². The van der Waals surface area contributed by atoms with E-state index in [2.05, 4.69) is 6.92 Å². The van der Waals surface area contributed by atoms with E-state index in [1.165, 1.54) is 19.3 Å². The van der Waals surface area contributed by atoms with E-state index in [-0.39, 0.29) is 0 Å². The molecule has 0 bridgehead atoms. The SMILES string of the molecule is COC1CCC(C)CC1CN. The summed E-state index contributed by atoms with van der Waals surface area (Å²) >= 11 is 0. The Morgan fingerprint density at radius 2 is 2.18 bits per heavy atom. The first-order valence-electron chi connectivity index (χ1n) is 4.50. The van der Waals surface area contributed by atoms with Gasteiger partial charge in [0, 0.05) is 7.11 Å². The average molecular weight is 157 g/mol. The van der Waals surface area contributed by atoms with Gasteiger partial charge in [0.2, 0.25) is 0 Å². The quantitative estimate of drug-likeness (QED) is 0.657. The van der Waals surface area contributed by atoms with Crippen LogP contribution in [-0.2, 0) is 4.74 Å². The smallest absolute Gasteiger partial charge is 0.0611 e. The van der Waals surface area contributed by atoms with E-state index >= 15 is 0 Å². The van der Waals surface area contributed by atoms with Crippen molar-refractivity contribution < 1.29 is 4.74 Å². The molecular weight excluding hydrogens is 138 g/mol. The lowest BCUT2D eigenvalue weighted by Gasteiger charge is -2.32. The molecule has 0 aromatic heterocycles. The highest BCUT2D eigenvalue weighted by Crippen LogP contribution is 2.29. The third kappa shape index (κ3) is 2.17. The van der Waals surface area contributed by atoms with Crippen molar-refractivity contribution in [3.63, 3.8) is 0 Å². The second-order valence-electron chi connectivity index (χ2n) is 3.69. The van der Waals surface area contributed by atoms with Crippen molar-refractivity contribution in [3.8, 4) is 0 Å². The number of hydrogen-bond acceptors (Lipinski definition) is 2. The highest BCUT2D eigenvalue weighted by molar-refractivity contribution is 4.79. The van der Waals surface area contributed by atoms with Gasteiger partial charge in [-0.2, -0.15) is 0 Å². The van der Waals surface area contributed by atoms with Gasteiger partial charge in [-0.3, -0.25) is 0 Å². The zero-order chi connectivity index (χ0) is 8.27. The van der Waals surface area contributed by atoms with E-state index in [1.807, 2.05) is 0 Å². The third-order valence-electron chi connectivity index (χ3n) is 2.78. The van der Waals surface area contributed by atoms with Crippen molar-refractivity contribution in [3.05, 3.63) is 0 Å². The fraction of sp³-hybridized carbons (Fsp3) is 1.00. The van der Waals surface area contributed by atoms with Crippen molar-refractivity contribution in [2.45, 2.75) is 32.3 Å². The molecule has 0 spiro atoms. The fourth-order valence-corrected chi connectivity index (χ4v) is 2.03. The van der Waals surface area contributed by atoms with Crippen LogP contribution in [0.25, 0.3) is 0 Å². The molecule has 1 aliphatic carbocycles. The fourth-order valence-electron chi connectivity index (χ4n) is 2.03. The summed E-state index contributed by atoms with van der Waals surface area (Å²) in [5, 5.41) is 0. The Kier molecular flexibility index (Phi) is 3.34. The topological polar surface area (TPSA) is 35.2 Å². The van der Waals surface area contributed by atoms with Crippen molar-refractivity contribution in [2.75, 3.05) is 13.7 Å². The lowest BCUT2D eigenvalue weighted by Crippen LogP contribution is -2.34. The Morgan fingerprint density at radius 1 is 1.45 bits per heavy atom. The summed E-state index contributed by atoms with van der Waals surface area (Å²) in [6.45, 7) is 3.08. The maximum absolute atomic E-state index is 5.65. The third-order valence-corrected chi connectivity index (χ3v) is 2.78. The van der Waals surface area contributed by atoms with Crippen LogP contribution in [0, 0.1) is 11.8 Å². The largest absolute Gasteiger partial charge is 0.381 e. The van der Waals surface area contributed by atoms with E-state index in [0.29, 0.717) is 12.0 Å². The van der Waals surface area contributed by atoms with Gasteiger partial charge < -0.3 is 10.5 Å². The molecule has 2 N–H and O–H groups in total. The van der Waals surface area contributed by atoms with E-state index in [1.54, 1.807) is 7.11 Å². The second-order valence-corrected chi connectivity index (χ2v) is 3.69. The van der Waals surface area contributed by atoms with Crippen LogP contribution in [0.3, 0.4) is 0 Å². The van der Waals surface area contributed by atoms with Crippen LogP contribution < -0.4 is 5.73 Å². The molecule has 0 aliphatic heterocycles. The number of methoxy groups -OCH3 is 1. The molecule has 1 fully saturated rings. The first kappa shape index (κ1) is 9.01. The molecule has 2 nitrogen and oxygen atoms in total. The van der Waals surface area contributed by atoms with Crippen LogP contribution in [0.5, 0.6) is 0 Å². The van der Waals surface area contributed by atoms with Gasteiger partial charge in [-0.05, 0) is 37.6 Å². The van der Waals surface area contributed by atoms with E-state index in [0.717, 1.165) is 12.5 Å². The minimum absolute atomic E-state index is 0.427. The van der Waals surface area contributed by atoms with E-state index in [9.17, 15) is 0 Å². The molecule has 1 saturated carbocycles. The first-order valence-corrected chi connectivity index (χ1v) is 4.50. The summed E-state index contributed by atoms with van der Waals surface area (Å²) < 4.78 is 5.36. The van der Waals surface area contributed by atoms with Crippen LogP contribution in [0.15, 0.2) is 0 Å². The summed E-state index contributed by atoms with van der Waals surface area (Å²) in [6.07, 6.45) is 4.17. The van der Waals surface area contributed by atoms with Crippen molar-refractivity contribution >= 4 is 0 Å². The highest BCUT2D eigenvalue weighted by atomic mass is 16.5. The summed E-state index contributed by atoms with van der Waals surface area (Å²) in [5.74, 6) is 1.44. The monoisotopic (exact) mass is 157 g/mol. The summed E-state index contributed by atoms with van der Waals surface area (Å²) in [5.41, 5.74) is 5.65. The molecule has 0 aromatic rings. The Balaban J connectivity index is 2.41. The Morgan fingerprint density at radius 3 is 2.73 bits per heavy atom. The predicted octanol–water partition coefficient (Wildman–Crippen LogP) is 1.40. The van der Waals surface area contributed by atoms with Crippen LogP contribution in [0.1, 0.15) is 26.2 Å². The van der Waals surface area contributed by atoms with Gasteiger partial charge in [-0.1, -0.05) is 6.92 Å². The van der Waals surface area contributed by atoms with Crippen LogP contribution in [-0.4, -0.2) is 19.8 Å². The van der Waals surface area contributed by atoms with Gasteiger partial charge in [0.05, 0.1) is 6.10 Å². The Hall–Kier alpha value is -0.0800. The van der Waals surface area contributed by atoms with Gasteiger partial charge in [0.1, 0.15) is 0 Å². The Bertz CT molecular complexity index is 116. The van der Waals surface area contributed by atoms with Crippen LogP contribution >= 0.6 is 0 Å². The van der Waals surface area contributed by atoms with Crippen molar-refractivity contribution in [1.29, 1.82) is 0 Å². The number of ether oxygens (including phenoxy) is 1. The van der Waals surface area contributed by atoms with Crippen LogP contribution in [0.4, 0.5) is 0 Å². The van der Waals surface area contributed by atoms with E-state index in [4.69, 9.17) is 10.5 Å². The minimum Gasteiger partial charge on any atom is -0.381 e. The summed E-state index contributed by atoms with van der Waals surface area (Å²) in [4.78, 5) is 0. The zero-order valence-corrected chi connectivity index (χ0v) is 7.55. The first-order chi connectivity index (χ1) is 5.27. The molecule has 66 valence electrons. The zero-order valence-electron chi connectivity index (χ0n) is 7.55. The molecule has 0 aromatic carbocycles. The molecule has 3 unspecified atom stereocenters.